The molecule has 0 radical (unpaired) electrons. The highest BCUT2D eigenvalue weighted by Gasteiger charge is 2.27. The molecule has 0 heterocycles. The molecule has 0 nitrogen and oxygen atoms in total. The summed E-state index contributed by atoms with van der Waals surface area (Å²) >= 11 is 5.72. The third kappa shape index (κ3) is 6.43. The topological polar surface area (TPSA) is 0 Å². The van der Waals surface area contributed by atoms with Gasteiger partial charge in [-0.15, -0.1) is 11.6 Å². The van der Waals surface area contributed by atoms with Crippen molar-refractivity contribution in [2.75, 3.05) is 5.88 Å². The molecule has 0 N–H and O–H groups in total. The monoisotopic (exact) mass is 308 g/mol. The zero-order valence-electron chi connectivity index (χ0n) is 14.7. The van der Waals surface area contributed by atoms with Gasteiger partial charge in [0.05, 0.1) is 0 Å². The van der Waals surface area contributed by atoms with E-state index in [2.05, 4.69) is 46.8 Å². The van der Waals surface area contributed by atoms with Gasteiger partial charge in [-0.2, -0.15) is 0 Å². The molecular formula is C20H33Cl. The van der Waals surface area contributed by atoms with Gasteiger partial charge in [-0.05, 0) is 71.1 Å². The van der Waals surface area contributed by atoms with Gasteiger partial charge < -0.3 is 0 Å². The number of alkyl halides is 1. The lowest BCUT2D eigenvalue weighted by molar-refractivity contribution is 0.354. The van der Waals surface area contributed by atoms with Crippen molar-refractivity contribution >= 4 is 11.6 Å². The predicted molar refractivity (Wildman–Crippen MR) is 97.0 cm³/mol. The summed E-state index contributed by atoms with van der Waals surface area (Å²) in [7, 11) is 0. The Bertz CT molecular complexity index is 421. The van der Waals surface area contributed by atoms with E-state index in [1.54, 1.807) is 11.1 Å². The standard InChI is InChI=1S/C20H33Cl/c1-16(8-6-9-17(2)13-15-21)11-12-19-18(3)10-7-14-20(19,4)5/h8,13H,6-7,9-12,14-15H2,1-5H3/b16-8-,17-13+. The molecular weight excluding hydrogens is 276 g/mol. The first-order chi connectivity index (χ1) is 9.86. The lowest BCUT2D eigenvalue weighted by atomic mass is 9.71. The molecule has 1 rings (SSSR count). The molecule has 0 aliphatic heterocycles. The smallest absolute Gasteiger partial charge is 0.0406 e. The van der Waals surface area contributed by atoms with Crippen LogP contribution in [0, 0.1) is 5.41 Å². The van der Waals surface area contributed by atoms with E-state index in [1.165, 1.54) is 43.3 Å². The van der Waals surface area contributed by atoms with E-state index in [0.717, 1.165) is 12.8 Å². The van der Waals surface area contributed by atoms with Gasteiger partial charge in [0.2, 0.25) is 0 Å². The summed E-state index contributed by atoms with van der Waals surface area (Å²) in [5, 5.41) is 0. The molecule has 0 bridgehead atoms. The number of hydrogen-bond donors (Lipinski definition) is 0. The van der Waals surface area contributed by atoms with Crippen molar-refractivity contribution in [2.45, 2.75) is 79.6 Å². The maximum Gasteiger partial charge on any atom is 0.0406 e. The summed E-state index contributed by atoms with van der Waals surface area (Å²) in [4.78, 5) is 0. The number of allylic oxidation sites excluding steroid dienone is 6. The summed E-state index contributed by atoms with van der Waals surface area (Å²) < 4.78 is 0. The molecule has 0 aromatic heterocycles. The van der Waals surface area contributed by atoms with Crippen LogP contribution in [0.25, 0.3) is 0 Å². The van der Waals surface area contributed by atoms with E-state index in [-0.39, 0.29) is 0 Å². The number of rotatable bonds is 7. The molecule has 0 aromatic carbocycles. The van der Waals surface area contributed by atoms with E-state index in [1.807, 2.05) is 0 Å². The largest absolute Gasteiger partial charge is 0.122 e. The van der Waals surface area contributed by atoms with Gasteiger partial charge >= 0.3 is 0 Å². The van der Waals surface area contributed by atoms with Crippen LogP contribution >= 0.6 is 11.6 Å². The van der Waals surface area contributed by atoms with Crippen molar-refractivity contribution in [3.05, 3.63) is 34.4 Å². The second kappa shape index (κ2) is 8.83. The van der Waals surface area contributed by atoms with E-state index in [0.29, 0.717) is 11.3 Å². The Hall–Kier alpha value is -0.490. The minimum Gasteiger partial charge on any atom is -0.122 e. The summed E-state index contributed by atoms with van der Waals surface area (Å²) in [5.41, 5.74) is 6.73. The van der Waals surface area contributed by atoms with Crippen LogP contribution in [0.3, 0.4) is 0 Å². The van der Waals surface area contributed by atoms with Gasteiger partial charge in [-0.25, -0.2) is 0 Å². The fourth-order valence-corrected chi connectivity index (χ4v) is 3.69. The lowest BCUT2D eigenvalue weighted by Gasteiger charge is -2.35. The van der Waals surface area contributed by atoms with Gasteiger partial charge in [-0.1, -0.05) is 48.3 Å². The molecule has 0 atom stereocenters. The van der Waals surface area contributed by atoms with Gasteiger partial charge in [-0.3, -0.25) is 0 Å². The summed E-state index contributed by atoms with van der Waals surface area (Å²) in [5.74, 6) is 0.636. The van der Waals surface area contributed by atoms with Crippen molar-refractivity contribution in [1.82, 2.24) is 0 Å². The average Bonchev–Trinajstić information content (AvgIpc) is 2.37. The van der Waals surface area contributed by atoms with Gasteiger partial charge in [0, 0.05) is 5.88 Å². The number of hydrogen-bond acceptors (Lipinski definition) is 0. The summed E-state index contributed by atoms with van der Waals surface area (Å²) in [6, 6.07) is 0. The first-order valence-corrected chi connectivity index (χ1v) is 8.96. The third-order valence-electron chi connectivity index (χ3n) is 4.91. The molecule has 1 aliphatic rings. The van der Waals surface area contributed by atoms with Crippen molar-refractivity contribution in [1.29, 1.82) is 0 Å². The predicted octanol–water partition coefficient (Wildman–Crippen LogP) is 7.20. The van der Waals surface area contributed by atoms with E-state index in [4.69, 9.17) is 11.6 Å². The van der Waals surface area contributed by atoms with Gasteiger partial charge in [0.1, 0.15) is 0 Å². The van der Waals surface area contributed by atoms with E-state index >= 15 is 0 Å². The van der Waals surface area contributed by atoms with Crippen LogP contribution < -0.4 is 0 Å². The summed E-state index contributed by atoms with van der Waals surface area (Å²) in [6.45, 7) is 11.6. The quantitative estimate of drug-likeness (QED) is 0.344. The lowest BCUT2D eigenvalue weighted by Crippen LogP contribution is -2.20. The summed E-state index contributed by atoms with van der Waals surface area (Å²) in [6.07, 6.45) is 13.3. The van der Waals surface area contributed by atoms with Crippen LogP contribution in [0.2, 0.25) is 0 Å². The maximum atomic E-state index is 5.72. The molecule has 0 aromatic rings. The third-order valence-corrected chi connectivity index (χ3v) is 5.07. The van der Waals surface area contributed by atoms with Gasteiger partial charge in [0.25, 0.3) is 0 Å². The SMILES string of the molecule is CC1=C(CC/C(C)=C\CC/C(C)=C/CCl)C(C)(C)CCC1. The molecule has 1 heteroatoms. The van der Waals surface area contributed by atoms with E-state index < -0.39 is 0 Å². The molecule has 21 heavy (non-hydrogen) atoms. The van der Waals surface area contributed by atoms with E-state index in [9.17, 15) is 0 Å². The molecule has 0 saturated heterocycles. The molecule has 0 saturated carbocycles. The number of halogens is 1. The van der Waals surface area contributed by atoms with Crippen LogP contribution in [-0.4, -0.2) is 5.88 Å². The van der Waals surface area contributed by atoms with Crippen LogP contribution in [0.15, 0.2) is 34.4 Å². The Morgan fingerprint density at radius 2 is 1.81 bits per heavy atom. The first-order valence-electron chi connectivity index (χ1n) is 8.43. The van der Waals surface area contributed by atoms with Crippen LogP contribution in [0.5, 0.6) is 0 Å². The highest BCUT2D eigenvalue weighted by Crippen LogP contribution is 2.42. The normalized spacial score (nSPS) is 20.1. The molecule has 0 unspecified atom stereocenters. The second-order valence-electron chi connectivity index (χ2n) is 7.29. The van der Waals surface area contributed by atoms with Crippen LogP contribution in [0.4, 0.5) is 0 Å². The minimum absolute atomic E-state index is 0.419. The molecule has 120 valence electrons. The fourth-order valence-electron chi connectivity index (χ4n) is 3.43. The Morgan fingerprint density at radius 1 is 1.14 bits per heavy atom. The Morgan fingerprint density at radius 3 is 2.43 bits per heavy atom. The minimum atomic E-state index is 0.419. The molecule has 0 amide bonds. The highest BCUT2D eigenvalue weighted by atomic mass is 35.5. The van der Waals surface area contributed by atoms with Crippen molar-refractivity contribution in [2.24, 2.45) is 5.41 Å². The molecule has 0 spiro atoms. The van der Waals surface area contributed by atoms with Gasteiger partial charge in [0.15, 0.2) is 0 Å². The van der Waals surface area contributed by atoms with Crippen molar-refractivity contribution in [3.63, 3.8) is 0 Å². The van der Waals surface area contributed by atoms with Crippen molar-refractivity contribution < 1.29 is 0 Å². The Kier molecular flexibility index (Phi) is 7.81. The average molecular weight is 309 g/mol. The Labute approximate surface area is 137 Å². The Balaban J connectivity index is 2.48. The zero-order chi connectivity index (χ0) is 15.9. The van der Waals surface area contributed by atoms with Crippen LogP contribution in [-0.2, 0) is 0 Å². The molecule has 1 aliphatic carbocycles. The fraction of sp³-hybridized carbons (Fsp3) is 0.700. The van der Waals surface area contributed by atoms with Crippen LogP contribution in [0.1, 0.15) is 79.6 Å². The molecule has 0 fully saturated rings. The highest BCUT2D eigenvalue weighted by molar-refractivity contribution is 6.18. The zero-order valence-corrected chi connectivity index (χ0v) is 15.4. The van der Waals surface area contributed by atoms with Crippen molar-refractivity contribution in [3.8, 4) is 0 Å². The first kappa shape index (κ1) is 18.6. The second-order valence-corrected chi connectivity index (χ2v) is 7.60. The maximum absolute atomic E-state index is 5.72.